The minimum Gasteiger partial charge on any atom is -0.497 e. The molecule has 0 spiro atoms. The van der Waals surface area contributed by atoms with Crippen LogP contribution in [0.25, 0.3) is 0 Å². The molecule has 1 aliphatic rings. The van der Waals surface area contributed by atoms with Crippen LogP contribution in [0.3, 0.4) is 0 Å². The van der Waals surface area contributed by atoms with Gasteiger partial charge in [0.2, 0.25) is 5.91 Å². The van der Waals surface area contributed by atoms with Crippen molar-refractivity contribution in [1.29, 1.82) is 0 Å². The predicted molar refractivity (Wildman–Crippen MR) is 98.5 cm³/mol. The lowest BCUT2D eigenvalue weighted by atomic mass is 10.0. The molecular weight excluding hydrogens is 356 g/mol. The van der Waals surface area contributed by atoms with E-state index in [1.165, 1.54) is 20.3 Å². The van der Waals surface area contributed by atoms with E-state index in [-0.39, 0.29) is 10.8 Å². The summed E-state index contributed by atoms with van der Waals surface area (Å²) < 4.78 is 38.5. The summed E-state index contributed by atoms with van der Waals surface area (Å²) in [5.41, 5.74) is 1.89. The van der Waals surface area contributed by atoms with Gasteiger partial charge in [-0.1, -0.05) is 0 Å². The second-order valence-corrected chi connectivity index (χ2v) is 7.60. The smallest absolute Gasteiger partial charge is 0.262 e. The predicted octanol–water partition coefficient (Wildman–Crippen LogP) is 2.41. The zero-order valence-electron chi connectivity index (χ0n) is 14.8. The minimum atomic E-state index is -3.80. The monoisotopic (exact) mass is 376 g/mol. The number of ether oxygens (including phenoxy) is 2. The summed E-state index contributed by atoms with van der Waals surface area (Å²) >= 11 is 0. The van der Waals surface area contributed by atoms with Crippen LogP contribution in [-0.2, 0) is 21.2 Å². The number of hydrogen-bond acceptors (Lipinski definition) is 5. The van der Waals surface area contributed by atoms with Gasteiger partial charge in [0.1, 0.15) is 11.5 Å². The first kappa shape index (κ1) is 18.1. The van der Waals surface area contributed by atoms with Crippen molar-refractivity contribution in [2.75, 3.05) is 30.9 Å². The van der Waals surface area contributed by atoms with E-state index >= 15 is 0 Å². The van der Waals surface area contributed by atoms with E-state index in [0.29, 0.717) is 30.0 Å². The van der Waals surface area contributed by atoms with Crippen molar-refractivity contribution in [3.8, 4) is 11.5 Å². The number of aryl methyl sites for hydroxylation is 1. The van der Waals surface area contributed by atoms with Gasteiger partial charge < -0.3 is 14.4 Å². The van der Waals surface area contributed by atoms with E-state index in [0.717, 1.165) is 11.3 Å². The average Bonchev–Trinajstić information content (AvgIpc) is 2.64. The Morgan fingerprint density at radius 1 is 1.04 bits per heavy atom. The number of nitrogens with one attached hydrogen (secondary N) is 1. The molecule has 0 saturated heterocycles. The topological polar surface area (TPSA) is 84.9 Å². The molecule has 26 heavy (non-hydrogen) atoms. The van der Waals surface area contributed by atoms with Crippen LogP contribution in [-0.4, -0.2) is 35.6 Å². The zero-order chi connectivity index (χ0) is 18.9. The van der Waals surface area contributed by atoms with Crippen molar-refractivity contribution in [3.05, 3.63) is 42.0 Å². The Balaban J connectivity index is 1.93. The highest BCUT2D eigenvalue weighted by Crippen LogP contribution is 2.33. The van der Waals surface area contributed by atoms with Crippen molar-refractivity contribution in [1.82, 2.24) is 0 Å². The van der Waals surface area contributed by atoms with Crippen LogP contribution in [0, 0.1) is 0 Å². The number of amides is 1. The number of nitrogens with zero attached hydrogens (tertiary/aromatic N) is 1. The fourth-order valence-corrected chi connectivity index (χ4v) is 4.01. The van der Waals surface area contributed by atoms with Gasteiger partial charge in [-0.2, -0.15) is 0 Å². The van der Waals surface area contributed by atoms with Gasteiger partial charge in [0.15, 0.2) is 0 Å². The highest BCUT2D eigenvalue weighted by Gasteiger charge is 2.24. The Labute approximate surface area is 152 Å². The standard InChI is InChI=1S/C18H20N2O5S/c1-20-16-8-6-14(10-12(16)4-9-18(20)21)26(22,23)19-15-7-5-13(24-2)11-17(15)25-3/h5-8,10-11,19H,4,9H2,1-3H3. The second kappa shape index (κ2) is 6.87. The normalized spacial score (nSPS) is 14.0. The molecule has 0 aromatic heterocycles. The van der Waals surface area contributed by atoms with Gasteiger partial charge in [0.25, 0.3) is 10.0 Å². The zero-order valence-corrected chi connectivity index (χ0v) is 15.6. The fourth-order valence-electron chi connectivity index (χ4n) is 2.89. The molecule has 0 radical (unpaired) electrons. The molecule has 8 heteroatoms. The lowest BCUT2D eigenvalue weighted by Crippen LogP contribution is -2.31. The number of benzene rings is 2. The van der Waals surface area contributed by atoms with Crippen LogP contribution in [0.1, 0.15) is 12.0 Å². The molecule has 1 aliphatic heterocycles. The lowest BCUT2D eigenvalue weighted by molar-refractivity contribution is -0.118. The maximum absolute atomic E-state index is 12.8. The minimum absolute atomic E-state index is 0.0224. The molecule has 0 aliphatic carbocycles. The maximum atomic E-state index is 12.8. The number of carbonyl (C=O) groups excluding carboxylic acids is 1. The molecule has 0 saturated carbocycles. The summed E-state index contributed by atoms with van der Waals surface area (Å²) in [5.74, 6) is 0.941. The molecule has 0 unspecified atom stereocenters. The van der Waals surface area contributed by atoms with Crippen LogP contribution in [0.15, 0.2) is 41.3 Å². The van der Waals surface area contributed by atoms with E-state index in [9.17, 15) is 13.2 Å². The Hall–Kier alpha value is -2.74. The van der Waals surface area contributed by atoms with Crippen molar-refractivity contribution >= 4 is 27.3 Å². The van der Waals surface area contributed by atoms with E-state index in [2.05, 4.69) is 4.72 Å². The molecule has 7 nitrogen and oxygen atoms in total. The van der Waals surface area contributed by atoms with Gasteiger partial charge in [-0.25, -0.2) is 8.42 Å². The summed E-state index contributed by atoms with van der Waals surface area (Å²) in [5, 5.41) is 0. The number of fused-ring (bicyclic) bond motifs is 1. The SMILES string of the molecule is COc1ccc(NS(=O)(=O)c2ccc3c(c2)CCC(=O)N3C)c(OC)c1. The van der Waals surface area contributed by atoms with Crippen molar-refractivity contribution < 1.29 is 22.7 Å². The number of carbonyl (C=O) groups is 1. The Morgan fingerprint density at radius 2 is 1.81 bits per heavy atom. The first-order valence-electron chi connectivity index (χ1n) is 8.00. The fraction of sp³-hybridized carbons (Fsp3) is 0.278. The first-order valence-corrected chi connectivity index (χ1v) is 9.48. The molecule has 2 aromatic rings. The summed E-state index contributed by atoms with van der Waals surface area (Å²) in [7, 11) is 0.863. The largest absolute Gasteiger partial charge is 0.497 e. The number of hydrogen-bond donors (Lipinski definition) is 1. The average molecular weight is 376 g/mol. The van der Waals surface area contributed by atoms with E-state index in [1.54, 1.807) is 42.3 Å². The summed E-state index contributed by atoms with van der Waals surface area (Å²) in [4.78, 5) is 13.5. The van der Waals surface area contributed by atoms with Gasteiger partial charge >= 0.3 is 0 Å². The Morgan fingerprint density at radius 3 is 2.50 bits per heavy atom. The van der Waals surface area contributed by atoms with E-state index < -0.39 is 10.0 Å². The second-order valence-electron chi connectivity index (χ2n) is 5.91. The number of methoxy groups -OCH3 is 2. The summed E-state index contributed by atoms with van der Waals surface area (Å²) in [6.45, 7) is 0. The quantitative estimate of drug-likeness (QED) is 0.866. The van der Waals surface area contributed by atoms with E-state index in [1.807, 2.05) is 0 Å². The molecular formula is C18H20N2O5S. The van der Waals surface area contributed by atoms with Gasteiger partial charge in [-0.15, -0.1) is 0 Å². The van der Waals surface area contributed by atoms with Gasteiger partial charge in [0.05, 0.1) is 24.8 Å². The van der Waals surface area contributed by atoms with Crippen molar-refractivity contribution in [2.45, 2.75) is 17.7 Å². The van der Waals surface area contributed by atoms with Crippen molar-refractivity contribution in [2.24, 2.45) is 0 Å². The molecule has 1 heterocycles. The first-order chi connectivity index (χ1) is 12.4. The summed E-state index contributed by atoms with van der Waals surface area (Å²) in [6, 6.07) is 9.59. The third-order valence-electron chi connectivity index (χ3n) is 4.36. The third-order valence-corrected chi connectivity index (χ3v) is 5.72. The molecule has 0 bridgehead atoms. The van der Waals surface area contributed by atoms with Gasteiger partial charge in [0, 0.05) is 25.2 Å². The highest BCUT2D eigenvalue weighted by atomic mass is 32.2. The van der Waals surface area contributed by atoms with E-state index in [4.69, 9.17) is 9.47 Å². The van der Waals surface area contributed by atoms with Gasteiger partial charge in [-0.3, -0.25) is 9.52 Å². The third kappa shape index (κ3) is 3.32. The number of anilines is 2. The molecule has 1 N–H and O–H groups in total. The van der Waals surface area contributed by atoms with Crippen LogP contribution in [0.5, 0.6) is 11.5 Å². The Kier molecular flexibility index (Phi) is 4.78. The molecule has 0 atom stereocenters. The van der Waals surface area contributed by atoms with Crippen LogP contribution < -0.4 is 19.1 Å². The molecule has 2 aromatic carbocycles. The summed E-state index contributed by atoms with van der Waals surface area (Å²) in [6.07, 6.45) is 0.889. The van der Waals surface area contributed by atoms with Gasteiger partial charge in [-0.05, 0) is 42.3 Å². The molecule has 0 fully saturated rings. The molecule has 3 rings (SSSR count). The van der Waals surface area contributed by atoms with Crippen LogP contribution in [0.2, 0.25) is 0 Å². The molecule has 1 amide bonds. The highest BCUT2D eigenvalue weighted by molar-refractivity contribution is 7.92. The maximum Gasteiger partial charge on any atom is 0.262 e. The Bertz CT molecular complexity index is 956. The number of rotatable bonds is 5. The number of sulfonamides is 1. The molecule has 138 valence electrons. The lowest BCUT2D eigenvalue weighted by Gasteiger charge is -2.26. The van der Waals surface area contributed by atoms with Crippen molar-refractivity contribution in [3.63, 3.8) is 0 Å². The van der Waals surface area contributed by atoms with Crippen LogP contribution in [0.4, 0.5) is 11.4 Å². The van der Waals surface area contributed by atoms with Crippen LogP contribution >= 0.6 is 0 Å².